The van der Waals surface area contributed by atoms with Crippen LogP contribution in [0.15, 0.2) is 33.5 Å². The summed E-state index contributed by atoms with van der Waals surface area (Å²) in [7, 11) is 0. The highest BCUT2D eigenvalue weighted by atomic mass is 32.1. The lowest BCUT2D eigenvalue weighted by Crippen LogP contribution is -2.30. The largest absolute Gasteiger partial charge is 0.481 e. The molecule has 2 heterocycles. The van der Waals surface area contributed by atoms with Crippen molar-refractivity contribution in [3.63, 3.8) is 0 Å². The van der Waals surface area contributed by atoms with Gasteiger partial charge in [0.15, 0.2) is 6.10 Å². The second kappa shape index (κ2) is 9.16. The van der Waals surface area contributed by atoms with Crippen molar-refractivity contribution in [1.29, 1.82) is 0 Å². The molecule has 1 atom stereocenters. The maximum absolute atomic E-state index is 12.9. The molecule has 0 saturated carbocycles. The fourth-order valence-electron chi connectivity index (χ4n) is 3.92. The fourth-order valence-corrected chi connectivity index (χ4v) is 5.20. The van der Waals surface area contributed by atoms with Gasteiger partial charge in [-0.2, -0.15) is 0 Å². The summed E-state index contributed by atoms with van der Waals surface area (Å²) in [5.74, 6) is -0.374. The molecule has 1 aliphatic rings. The third kappa shape index (κ3) is 4.41. The predicted octanol–water partition coefficient (Wildman–Crippen LogP) is 4.62. The minimum absolute atomic E-state index is 0.272. The highest BCUT2D eigenvalue weighted by Gasteiger charge is 2.28. The van der Waals surface area contributed by atoms with E-state index in [1.807, 2.05) is 6.92 Å². The van der Waals surface area contributed by atoms with Crippen molar-refractivity contribution >= 4 is 39.2 Å². The summed E-state index contributed by atoms with van der Waals surface area (Å²) in [4.78, 5) is 38.3. The molecule has 0 radical (unpaired) electrons. The van der Waals surface area contributed by atoms with Gasteiger partial charge in [-0.15, -0.1) is 11.3 Å². The summed E-state index contributed by atoms with van der Waals surface area (Å²) in [6.07, 6.45) is 2.96. The van der Waals surface area contributed by atoms with E-state index in [9.17, 15) is 14.4 Å². The lowest BCUT2D eigenvalue weighted by atomic mass is 9.95. The number of rotatable bonds is 6. The molecule has 4 rings (SSSR count). The number of nitrogens with one attached hydrogen (secondary N) is 1. The van der Waals surface area contributed by atoms with Crippen LogP contribution < -0.4 is 15.7 Å². The van der Waals surface area contributed by atoms with Gasteiger partial charge in [0, 0.05) is 22.4 Å². The van der Waals surface area contributed by atoms with Crippen molar-refractivity contribution in [3.05, 3.63) is 56.3 Å². The number of anilines is 1. The van der Waals surface area contributed by atoms with Crippen molar-refractivity contribution < 1.29 is 23.5 Å². The Hall–Kier alpha value is -3.13. The molecule has 0 saturated heterocycles. The minimum atomic E-state index is -0.835. The third-order valence-electron chi connectivity index (χ3n) is 5.49. The Morgan fingerprint density at radius 1 is 1.22 bits per heavy atom. The summed E-state index contributed by atoms with van der Waals surface area (Å²) in [5.41, 5.74) is 2.22. The number of amides is 1. The van der Waals surface area contributed by atoms with Crippen LogP contribution in [0.25, 0.3) is 11.0 Å². The molecule has 0 spiro atoms. The van der Waals surface area contributed by atoms with Gasteiger partial charge >= 0.3 is 11.6 Å². The number of thiophene rings is 1. The Morgan fingerprint density at radius 3 is 2.78 bits per heavy atom. The van der Waals surface area contributed by atoms with Crippen molar-refractivity contribution in [3.8, 4) is 5.75 Å². The van der Waals surface area contributed by atoms with Gasteiger partial charge in [-0.3, -0.25) is 4.79 Å². The van der Waals surface area contributed by atoms with Crippen molar-refractivity contribution in [1.82, 2.24) is 0 Å². The van der Waals surface area contributed by atoms with E-state index < -0.39 is 17.7 Å². The zero-order chi connectivity index (χ0) is 22.8. The van der Waals surface area contributed by atoms with Gasteiger partial charge in [0.05, 0.1) is 12.2 Å². The quantitative estimate of drug-likeness (QED) is 0.430. The minimum Gasteiger partial charge on any atom is -0.481 e. The number of carbonyl (C=O) groups is 2. The van der Waals surface area contributed by atoms with Gasteiger partial charge < -0.3 is 19.2 Å². The van der Waals surface area contributed by atoms with Gasteiger partial charge in [-0.25, -0.2) is 9.59 Å². The smallest absolute Gasteiger partial charge is 0.341 e. The average Bonchev–Trinajstić information content (AvgIpc) is 3.11. The zero-order valence-electron chi connectivity index (χ0n) is 18.3. The zero-order valence-corrected chi connectivity index (χ0v) is 19.1. The first-order valence-electron chi connectivity index (χ1n) is 10.7. The first-order valence-corrected chi connectivity index (χ1v) is 11.5. The Balaban J connectivity index is 1.54. The molecule has 32 heavy (non-hydrogen) atoms. The number of ether oxygens (including phenoxy) is 2. The van der Waals surface area contributed by atoms with Crippen LogP contribution in [0.3, 0.4) is 0 Å². The van der Waals surface area contributed by atoms with E-state index in [4.69, 9.17) is 13.9 Å². The Labute approximate surface area is 189 Å². The van der Waals surface area contributed by atoms with E-state index in [2.05, 4.69) is 5.32 Å². The van der Waals surface area contributed by atoms with Gasteiger partial charge in [-0.1, -0.05) is 0 Å². The molecule has 0 unspecified atom stereocenters. The van der Waals surface area contributed by atoms with Crippen LogP contribution in [-0.2, 0) is 22.4 Å². The van der Waals surface area contributed by atoms with Crippen LogP contribution in [-0.4, -0.2) is 24.6 Å². The lowest BCUT2D eigenvalue weighted by Gasteiger charge is -2.15. The topological polar surface area (TPSA) is 94.8 Å². The average molecular weight is 456 g/mol. The van der Waals surface area contributed by atoms with Gasteiger partial charge in [0.2, 0.25) is 0 Å². The van der Waals surface area contributed by atoms with Crippen molar-refractivity contribution in [2.24, 2.45) is 0 Å². The molecular formula is C24H25NO6S. The molecule has 1 amide bonds. The van der Waals surface area contributed by atoms with Crippen LogP contribution in [0, 0.1) is 6.92 Å². The van der Waals surface area contributed by atoms with E-state index in [1.165, 1.54) is 17.4 Å². The highest BCUT2D eigenvalue weighted by Crippen LogP contribution is 2.38. The molecule has 1 aromatic carbocycles. The van der Waals surface area contributed by atoms with Crippen LogP contribution in [0.5, 0.6) is 5.75 Å². The molecule has 8 heteroatoms. The number of esters is 1. The Kier molecular flexibility index (Phi) is 6.32. The van der Waals surface area contributed by atoms with E-state index in [1.54, 1.807) is 32.0 Å². The van der Waals surface area contributed by atoms with Crippen LogP contribution in [0.4, 0.5) is 5.00 Å². The van der Waals surface area contributed by atoms with E-state index in [0.29, 0.717) is 21.9 Å². The third-order valence-corrected chi connectivity index (χ3v) is 6.70. The van der Waals surface area contributed by atoms with E-state index >= 15 is 0 Å². The van der Waals surface area contributed by atoms with Crippen LogP contribution in [0.2, 0.25) is 0 Å². The molecule has 3 aromatic rings. The Bertz CT molecular complexity index is 1240. The van der Waals surface area contributed by atoms with Crippen LogP contribution in [0.1, 0.15) is 53.1 Å². The molecule has 1 aliphatic carbocycles. The SMILES string of the molecule is CCOC(=O)c1c(NC(=O)[C@H](C)Oc2ccc3c(C)cc(=O)oc3c2)sc2c1CCCC2. The Morgan fingerprint density at radius 2 is 2.00 bits per heavy atom. The molecule has 7 nitrogen and oxygen atoms in total. The lowest BCUT2D eigenvalue weighted by molar-refractivity contribution is -0.122. The number of hydrogen-bond donors (Lipinski definition) is 1. The number of aryl methyl sites for hydroxylation is 2. The molecule has 0 fully saturated rings. The molecule has 0 bridgehead atoms. The summed E-state index contributed by atoms with van der Waals surface area (Å²) < 4.78 is 16.3. The van der Waals surface area contributed by atoms with Gasteiger partial charge in [0.25, 0.3) is 5.91 Å². The molecule has 0 aliphatic heterocycles. The first-order chi connectivity index (χ1) is 15.4. The molecule has 168 valence electrons. The molecule has 1 N–H and O–H groups in total. The second-order valence-corrected chi connectivity index (χ2v) is 8.90. The van der Waals surface area contributed by atoms with Gasteiger partial charge in [0.1, 0.15) is 16.3 Å². The normalized spacial score (nSPS) is 14.0. The summed E-state index contributed by atoms with van der Waals surface area (Å²) in [6, 6.07) is 6.55. The highest BCUT2D eigenvalue weighted by molar-refractivity contribution is 7.17. The summed E-state index contributed by atoms with van der Waals surface area (Å²) >= 11 is 1.44. The van der Waals surface area contributed by atoms with Crippen LogP contribution >= 0.6 is 11.3 Å². The predicted molar refractivity (Wildman–Crippen MR) is 123 cm³/mol. The monoisotopic (exact) mass is 455 g/mol. The molecule has 2 aromatic heterocycles. The standard InChI is InChI=1S/C24H25NO6S/c1-4-29-24(28)21-17-7-5-6-8-19(17)32-23(21)25-22(27)14(3)30-15-9-10-16-13(2)11-20(26)31-18(16)12-15/h9-12,14H,4-8H2,1-3H3,(H,25,27)/t14-/m0/s1. The second-order valence-electron chi connectivity index (χ2n) is 7.79. The van der Waals surface area contributed by atoms with E-state index in [0.717, 1.165) is 47.1 Å². The number of benzene rings is 1. The maximum Gasteiger partial charge on any atom is 0.341 e. The fraction of sp³-hybridized carbons (Fsp3) is 0.375. The number of carbonyl (C=O) groups excluding carboxylic acids is 2. The van der Waals surface area contributed by atoms with Gasteiger partial charge in [-0.05, 0) is 69.7 Å². The first kappa shape index (κ1) is 22.1. The van der Waals surface area contributed by atoms with Crippen molar-refractivity contribution in [2.45, 2.75) is 52.6 Å². The van der Waals surface area contributed by atoms with Crippen molar-refractivity contribution in [2.75, 3.05) is 11.9 Å². The number of hydrogen-bond acceptors (Lipinski definition) is 7. The maximum atomic E-state index is 12.9. The molecular weight excluding hydrogens is 430 g/mol. The number of fused-ring (bicyclic) bond motifs is 2. The summed E-state index contributed by atoms with van der Waals surface area (Å²) in [6.45, 7) is 5.49. The summed E-state index contributed by atoms with van der Waals surface area (Å²) in [5, 5.41) is 4.18. The van der Waals surface area contributed by atoms with E-state index in [-0.39, 0.29) is 12.5 Å².